The zero-order valence-electron chi connectivity index (χ0n) is 20.6. The van der Waals surface area contributed by atoms with Crippen LogP contribution in [-0.4, -0.2) is 28.3 Å². The maximum Gasteiger partial charge on any atom is 0.256 e. The molecular weight excluding hydrogens is 486 g/mol. The molecule has 4 aliphatic rings. The summed E-state index contributed by atoms with van der Waals surface area (Å²) in [6.45, 7) is 1.63. The number of carbonyl (C=O) groups excluding carboxylic acids is 1. The number of halogens is 4. The Morgan fingerprint density at radius 1 is 1.16 bits per heavy atom. The molecule has 0 saturated heterocycles. The van der Waals surface area contributed by atoms with Gasteiger partial charge in [0.15, 0.2) is 11.4 Å². The standard InChI is InChI=1S/C28H27F4N3O2/c1-26-9-15-7-16(28(26,31)32)11-27(10-15,14-26)12-22(36)19-13-35(21-5-3-17(29)8-20(21)30)25-18(24(19)37)4-6-23(33-2)34-25/h3-6,8,13,15-16H,7,9-12,14H2,1-2H3,(H,33,34). The van der Waals surface area contributed by atoms with Crippen LogP contribution in [0.3, 0.4) is 0 Å². The molecule has 2 heterocycles. The van der Waals surface area contributed by atoms with Crippen LogP contribution in [0.25, 0.3) is 16.7 Å². The van der Waals surface area contributed by atoms with Gasteiger partial charge in [0, 0.05) is 37.1 Å². The van der Waals surface area contributed by atoms with Crippen LogP contribution >= 0.6 is 0 Å². The average Bonchev–Trinajstić information content (AvgIpc) is 2.82. The van der Waals surface area contributed by atoms with E-state index in [0.717, 1.165) is 12.1 Å². The van der Waals surface area contributed by atoms with E-state index in [9.17, 15) is 18.4 Å². The molecule has 0 aliphatic heterocycles. The molecule has 4 unspecified atom stereocenters. The minimum Gasteiger partial charge on any atom is -0.373 e. The Bertz CT molecular complexity index is 1520. The van der Waals surface area contributed by atoms with E-state index in [0.29, 0.717) is 25.1 Å². The lowest BCUT2D eigenvalue weighted by atomic mass is 9.42. The normalized spacial score (nSPS) is 29.6. The first-order chi connectivity index (χ1) is 17.5. The summed E-state index contributed by atoms with van der Waals surface area (Å²) in [7, 11) is 1.64. The van der Waals surface area contributed by atoms with Crippen molar-refractivity contribution in [1.82, 2.24) is 9.55 Å². The Morgan fingerprint density at radius 3 is 2.65 bits per heavy atom. The Kier molecular flexibility index (Phi) is 5.14. The second-order valence-corrected chi connectivity index (χ2v) is 11.5. The van der Waals surface area contributed by atoms with Crippen molar-refractivity contribution in [2.24, 2.45) is 22.7 Å². The molecular formula is C28H27F4N3O2. The van der Waals surface area contributed by atoms with E-state index in [1.165, 1.54) is 22.9 Å². The number of aromatic nitrogens is 2. The van der Waals surface area contributed by atoms with Gasteiger partial charge in [-0.05, 0) is 67.7 Å². The van der Waals surface area contributed by atoms with Gasteiger partial charge in [0.25, 0.3) is 5.92 Å². The van der Waals surface area contributed by atoms with Gasteiger partial charge in [0.05, 0.1) is 16.6 Å². The van der Waals surface area contributed by atoms with Crippen molar-refractivity contribution in [3.8, 4) is 5.69 Å². The molecule has 4 fully saturated rings. The van der Waals surface area contributed by atoms with Gasteiger partial charge < -0.3 is 5.32 Å². The minimum absolute atomic E-state index is 0.0135. The van der Waals surface area contributed by atoms with Crippen LogP contribution < -0.4 is 10.7 Å². The van der Waals surface area contributed by atoms with Crippen LogP contribution in [0.15, 0.2) is 41.3 Å². The van der Waals surface area contributed by atoms with E-state index < -0.39 is 45.5 Å². The molecule has 4 atom stereocenters. The SMILES string of the molecule is CNc1ccc2c(=O)c(C(=O)CC34CC5CC(C3)C(F)(F)C(C)(C5)C4)cn(-c3ccc(F)cc3F)c2n1. The molecule has 4 aliphatic carbocycles. The molecule has 1 N–H and O–H groups in total. The third kappa shape index (κ3) is 3.53. The summed E-state index contributed by atoms with van der Waals surface area (Å²) in [5.74, 6) is -5.04. The lowest BCUT2D eigenvalue weighted by Crippen LogP contribution is -2.62. The summed E-state index contributed by atoms with van der Waals surface area (Å²) in [6, 6.07) is 6.11. The van der Waals surface area contributed by atoms with Crippen molar-refractivity contribution in [2.45, 2.75) is 51.4 Å². The number of ketones is 1. The summed E-state index contributed by atoms with van der Waals surface area (Å²) in [6.07, 6.45) is 3.38. The maximum absolute atomic E-state index is 15.1. The van der Waals surface area contributed by atoms with Crippen molar-refractivity contribution in [1.29, 1.82) is 0 Å². The predicted molar refractivity (Wildman–Crippen MR) is 131 cm³/mol. The van der Waals surface area contributed by atoms with E-state index in [-0.39, 0.29) is 47.5 Å². The summed E-state index contributed by atoms with van der Waals surface area (Å²) in [4.78, 5) is 31.6. The lowest BCUT2D eigenvalue weighted by Gasteiger charge is -2.64. The predicted octanol–water partition coefficient (Wildman–Crippen LogP) is 6.13. The highest BCUT2D eigenvalue weighted by Gasteiger charge is 2.69. The number of Topliss-reactive ketones (excluding diaryl/α,β-unsaturated/α-hetero) is 1. The maximum atomic E-state index is 15.1. The van der Waals surface area contributed by atoms with Crippen molar-refractivity contribution < 1.29 is 22.4 Å². The largest absolute Gasteiger partial charge is 0.373 e. The Balaban J connectivity index is 1.46. The number of hydrogen-bond acceptors (Lipinski definition) is 4. The molecule has 194 valence electrons. The van der Waals surface area contributed by atoms with Gasteiger partial charge in [0.2, 0.25) is 5.43 Å². The first kappa shape index (κ1) is 24.1. The number of rotatable bonds is 5. The van der Waals surface area contributed by atoms with Crippen LogP contribution in [0, 0.1) is 34.3 Å². The second-order valence-electron chi connectivity index (χ2n) is 11.5. The summed E-state index contributed by atoms with van der Waals surface area (Å²) in [5.41, 5.74) is -2.38. The molecule has 5 nitrogen and oxygen atoms in total. The second kappa shape index (κ2) is 7.88. The van der Waals surface area contributed by atoms with Crippen LogP contribution in [0.5, 0.6) is 0 Å². The third-order valence-corrected chi connectivity index (χ3v) is 8.95. The Morgan fingerprint density at radius 2 is 1.95 bits per heavy atom. The van der Waals surface area contributed by atoms with Gasteiger partial charge in [-0.1, -0.05) is 6.92 Å². The molecule has 1 aromatic carbocycles. The van der Waals surface area contributed by atoms with Gasteiger partial charge in [-0.15, -0.1) is 0 Å². The highest BCUT2D eigenvalue weighted by Crippen LogP contribution is 2.71. The van der Waals surface area contributed by atoms with Crippen molar-refractivity contribution in [2.75, 3.05) is 12.4 Å². The molecule has 7 rings (SSSR count). The number of benzene rings is 1. The van der Waals surface area contributed by atoms with E-state index in [2.05, 4.69) is 10.3 Å². The van der Waals surface area contributed by atoms with Crippen LogP contribution in [-0.2, 0) is 0 Å². The Labute approximate surface area is 210 Å². The quantitative estimate of drug-likeness (QED) is 0.329. The molecule has 4 bridgehead atoms. The van der Waals surface area contributed by atoms with Crippen molar-refractivity contribution in [3.05, 3.63) is 63.9 Å². The number of nitrogens with one attached hydrogen (secondary N) is 1. The summed E-state index contributed by atoms with van der Waals surface area (Å²) < 4.78 is 60.0. The number of alkyl halides is 2. The molecule has 0 amide bonds. The fourth-order valence-electron chi connectivity index (χ4n) is 7.69. The van der Waals surface area contributed by atoms with E-state index in [1.807, 2.05) is 0 Å². The van der Waals surface area contributed by atoms with Crippen LogP contribution in [0.4, 0.5) is 23.4 Å². The first-order valence-electron chi connectivity index (χ1n) is 12.6. The molecule has 0 radical (unpaired) electrons. The number of nitrogens with zero attached hydrogens (tertiary/aromatic N) is 2. The smallest absolute Gasteiger partial charge is 0.256 e. The van der Waals surface area contributed by atoms with E-state index in [4.69, 9.17) is 0 Å². The summed E-state index contributed by atoms with van der Waals surface area (Å²) >= 11 is 0. The number of carbonyl (C=O) groups is 1. The number of anilines is 1. The summed E-state index contributed by atoms with van der Waals surface area (Å²) in [5, 5.41) is 2.97. The van der Waals surface area contributed by atoms with Gasteiger partial charge >= 0.3 is 0 Å². The van der Waals surface area contributed by atoms with E-state index in [1.54, 1.807) is 20.0 Å². The molecule has 4 saturated carbocycles. The van der Waals surface area contributed by atoms with Gasteiger partial charge in [-0.3, -0.25) is 14.2 Å². The molecule has 0 spiro atoms. The highest BCUT2D eigenvalue weighted by molar-refractivity contribution is 5.99. The highest BCUT2D eigenvalue weighted by atomic mass is 19.3. The molecule has 9 heteroatoms. The van der Waals surface area contributed by atoms with Gasteiger partial charge in [-0.25, -0.2) is 22.5 Å². The fraction of sp³-hybridized carbons (Fsp3) is 0.464. The molecule has 2 aromatic heterocycles. The van der Waals surface area contributed by atoms with Crippen LogP contribution in [0.2, 0.25) is 0 Å². The van der Waals surface area contributed by atoms with Gasteiger partial charge in [0.1, 0.15) is 17.5 Å². The van der Waals surface area contributed by atoms with Crippen molar-refractivity contribution in [3.63, 3.8) is 0 Å². The van der Waals surface area contributed by atoms with Gasteiger partial charge in [-0.2, -0.15) is 0 Å². The van der Waals surface area contributed by atoms with Crippen LogP contribution in [0.1, 0.15) is 55.8 Å². The number of fused-ring (bicyclic) bond motifs is 1. The lowest BCUT2D eigenvalue weighted by molar-refractivity contribution is -0.270. The fourth-order valence-corrected chi connectivity index (χ4v) is 7.69. The van der Waals surface area contributed by atoms with Crippen molar-refractivity contribution >= 4 is 22.6 Å². The average molecular weight is 514 g/mol. The number of pyridine rings is 2. The zero-order chi connectivity index (χ0) is 26.3. The first-order valence-corrected chi connectivity index (χ1v) is 12.6. The Hall–Kier alpha value is -3.23. The molecule has 37 heavy (non-hydrogen) atoms. The van der Waals surface area contributed by atoms with E-state index >= 15 is 8.78 Å². The zero-order valence-corrected chi connectivity index (χ0v) is 20.6. The minimum atomic E-state index is -2.76. The topological polar surface area (TPSA) is 64.0 Å². The monoisotopic (exact) mass is 513 g/mol. The molecule has 3 aromatic rings. The number of hydrogen-bond donors (Lipinski definition) is 1. The third-order valence-electron chi connectivity index (χ3n) is 8.95.